The number of nitrogens with one attached hydrogen (secondary N) is 1. The maximum Gasteiger partial charge on any atom is 0.124 e. The molecule has 1 aromatic carbocycles. The summed E-state index contributed by atoms with van der Waals surface area (Å²) >= 11 is 3.46. The Morgan fingerprint density at radius 1 is 1.53 bits per heavy atom. The van der Waals surface area contributed by atoms with Crippen LogP contribution in [0.3, 0.4) is 0 Å². The average Bonchev–Trinajstić information content (AvgIpc) is 2.57. The van der Waals surface area contributed by atoms with Crippen molar-refractivity contribution in [3.8, 4) is 5.75 Å². The minimum absolute atomic E-state index is 0.118. The van der Waals surface area contributed by atoms with Crippen LogP contribution in [0.1, 0.15) is 24.9 Å². The van der Waals surface area contributed by atoms with Crippen molar-refractivity contribution in [1.29, 1.82) is 0 Å². The second-order valence-corrected chi connectivity index (χ2v) is 4.46. The molecule has 82 valence electrons. The van der Waals surface area contributed by atoms with Crippen molar-refractivity contribution in [3.05, 3.63) is 28.2 Å². The van der Waals surface area contributed by atoms with Crippen molar-refractivity contribution in [1.82, 2.24) is 5.48 Å². The molecule has 1 aliphatic rings. The topological polar surface area (TPSA) is 30.5 Å². The van der Waals surface area contributed by atoms with Crippen LogP contribution in [0.25, 0.3) is 0 Å². The van der Waals surface area contributed by atoms with Gasteiger partial charge in [-0.15, -0.1) is 0 Å². The molecule has 1 heterocycles. The lowest BCUT2D eigenvalue weighted by Crippen LogP contribution is -2.29. The van der Waals surface area contributed by atoms with E-state index in [9.17, 15) is 0 Å². The van der Waals surface area contributed by atoms with E-state index in [0.717, 1.165) is 22.2 Å². The monoisotopic (exact) mass is 271 g/mol. The predicted octanol–water partition coefficient (Wildman–Crippen LogP) is 2.81. The van der Waals surface area contributed by atoms with Crippen molar-refractivity contribution in [2.24, 2.45) is 0 Å². The highest BCUT2D eigenvalue weighted by molar-refractivity contribution is 9.10. The summed E-state index contributed by atoms with van der Waals surface area (Å²) in [4.78, 5) is 5.01. The molecule has 0 saturated heterocycles. The molecule has 0 saturated carbocycles. The van der Waals surface area contributed by atoms with Gasteiger partial charge in [-0.05, 0) is 24.6 Å². The zero-order valence-electron chi connectivity index (χ0n) is 8.79. The van der Waals surface area contributed by atoms with Crippen LogP contribution in [0.15, 0.2) is 22.7 Å². The van der Waals surface area contributed by atoms with Crippen LogP contribution in [-0.4, -0.2) is 13.2 Å². The zero-order chi connectivity index (χ0) is 10.8. The molecule has 0 aromatic heterocycles. The van der Waals surface area contributed by atoms with Gasteiger partial charge in [0.15, 0.2) is 0 Å². The molecule has 0 bridgehead atoms. The summed E-state index contributed by atoms with van der Waals surface area (Å²) in [6.45, 7) is 2.11. The predicted molar refractivity (Wildman–Crippen MR) is 61.7 cm³/mol. The fourth-order valence-corrected chi connectivity index (χ4v) is 2.27. The first-order valence-electron chi connectivity index (χ1n) is 5.01. The first kappa shape index (κ1) is 10.9. The average molecular weight is 272 g/mol. The van der Waals surface area contributed by atoms with Gasteiger partial charge >= 0.3 is 0 Å². The van der Waals surface area contributed by atoms with Crippen molar-refractivity contribution in [2.45, 2.75) is 25.5 Å². The van der Waals surface area contributed by atoms with Crippen molar-refractivity contribution >= 4 is 15.9 Å². The molecule has 0 spiro atoms. The Morgan fingerprint density at radius 3 is 3.00 bits per heavy atom. The molecule has 1 aliphatic heterocycles. The van der Waals surface area contributed by atoms with Crippen LogP contribution in [-0.2, 0) is 4.84 Å². The molecule has 2 unspecified atom stereocenters. The molecule has 0 amide bonds. The number of ether oxygens (including phenoxy) is 1. The normalized spacial score (nSPS) is 23.7. The van der Waals surface area contributed by atoms with Gasteiger partial charge in [0, 0.05) is 10.0 Å². The van der Waals surface area contributed by atoms with E-state index >= 15 is 0 Å². The summed E-state index contributed by atoms with van der Waals surface area (Å²) in [7, 11) is 1.63. The van der Waals surface area contributed by atoms with Gasteiger partial charge in [0.2, 0.25) is 0 Å². The van der Waals surface area contributed by atoms with E-state index in [4.69, 9.17) is 9.57 Å². The fourth-order valence-electron chi connectivity index (χ4n) is 1.89. The highest BCUT2D eigenvalue weighted by atomic mass is 79.9. The van der Waals surface area contributed by atoms with Crippen LogP contribution in [0.5, 0.6) is 5.75 Å². The number of rotatable bonds is 3. The van der Waals surface area contributed by atoms with Crippen LogP contribution >= 0.6 is 15.9 Å². The summed E-state index contributed by atoms with van der Waals surface area (Å²) < 4.78 is 6.87. The maximum atomic E-state index is 5.81. The lowest BCUT2D eigenvalue weighted by Gasteiger charge is -2.17. The number of fused-ring (bicyclic) bond motifs is 1. The molecule has 1 aromatic rings. The second kappa shape index (κ2) is 4.51. The first-order chi connectivity index (χ1) is 7.26. The van der Waals surface area contributed by atoms with Crippen LogP contribution in [0.4, 0.5) is 0 Å². The highest BCUT2D eigenvalue weighted by Gasteiger charge is 2.33. The van der Waals surface area contributed by atoms with E-state index in [1.807, 2.05) is 12.1 Å². The molecule has 3 nitrogen and oxygen atoms in total. The molecule has 0 aliphatic carbocycles. The lowest BCUT2D eigenvalue weighted by molar-refractivity contribution is 0.0283. The Hall–Kier alpha value is -0.580. The van der Waals surface area contributed by atoms with Crippen LogP contribution in [0, 0.1) is 0 Å². The SMILES string of the molecule is CCC1Oc2ccc(Br)cc2C1NOC. The molecule has 0 fully saturated rings. The Labute approximate surface area is 97.8 Å². The molecule has 4 heteroatoms. The molecule has 2 rings (SSSR count). The van der Waals surface area contributed by atoms with E-state index < -0.39 is 0 Å². The highest BCUT2D eigenvalue weighted by Crippen LogP contribution is 2.39. The maximum absolute atomic E-state index is 5.81. The Balaban J connectivity index is 2.32. The summed E-state index contributed by atoms with van der Waals surface area (Å²) in [5.74, 6) is 0.944. The fraction of sp³-hybridized carbons (Fsp3) is 0.455. The van der Waals surface area contributed by atoms with Crippen molar-refractivity contribution in [3.63, 3.8) is 0 Å². The van der Waals surface area contributed by atoms with Gasteiger partial charge in [-0.1, -0.05) is 22.9 Å². The second-order valence-electron chi connectivity index (χ2n) is 3.55. The Bertz CT molecular complexity index is 356. The summed E-state index contributed by atoms with van der Waals surface area (Å²) in [5, 5.41) is 0. The lowest BCUT2D eigenvalue weighted by atomic mass is 10.0. The molecule has 15 heavy (non-hydrogen) atoms. The van der Waals surface area contributed by atoms with Gasteiger partial charge in [0.1, 0.15) is 11.9 Å². The molecular formula is C11H14BrNO2. The van der Waals surface area contributed by atoms with Crippen molar-refractivity contribution in [2.75, 3.05) is 7.11 Å². The van der Waals surface area contributed by atoms with Gasteiger partial charge in [-0.2, -0.15) is 5.48 Å². The van der Waals surface area contributed by atoms with E-state index in [1.165, 1.54) is 0 Å². The van der Waals surface area contributed by atoms with Gasteiger partial charge in [0.05, 0.1) is 13.2 Å². The number of benzene rings is 1. The smallest absolute Gasteiger partial charge is 0.124 e. The molecule has 1 N–H and O–H groups in total. The third kappa shape index (κ3) is 2.02. The number of halogens is 1. The van der Waals surface area contributed by atoms with Crippen LogP contribution in [0.2, 0.25) is 0 Å². The molecule has 0 radical (unpaired) electrons. The van der Waals surface area contributed by atoms with E-state index in [-0.39, 0.29) is 12.1 Å². The molecular weight excluding hydrogens is 258 g/mol. The Morgan fingerprint density at radius 2 is 2.33 bits per heavy atom. The third-order valence-electron chi connectivity index (χ3n) is 2.60. The largest absolute Gasteiger partial charge is 0.488 e. The first-order valence-corrected chi connectivity index (χ1v) is 5.80. The van der Waals surface area contributed by atoms with E-state index in [2.05, 4.69) is 34.4 Å². The molecule has 2 atom stereocenters. The van der Waals surface area contributed by atoms with Gasteiger partial charge in [-0.3, -0.25) is 0 Å². The van der Waals surface area contributed by atoms with E-state index in [1.54, 1.807) is 7.11 Å². The van der Waals surface area contributed by atoms with E-state index in [0.29, 0.717) is 0 Å². The third-order valence-corrected chi connectivity index (χ3v) is 3.10. The number of hydrogen-bond acceptors (Lipinski definition) is 3. The minimum Gasteiger partial charge on any atom is -0.488 e. The standard InChI is InChI=1S/C11H14BrNO2/c1-3-9-11(13-14-2)8-6-7(12)4-5-10(8)15-9/h4-6,9,11,13H,3H2,1-2H3. The van der Waals surface area contributed by atoms with Gasteiger partial charge in [-0.25, -0.2) is 0 Å². The Kier molecular flexibility index (Phi) is 3.29. The van der Waals surface area contributed by atoms with Crippen LogP contribution < -0.4 is 10.2 Å². The summed E-state index contributed by atoms with van der Waals surface area (Å²) in [6.07, 6.45) is 1.10. The minimum atomic E-state index is 0.118. The summed E-state index contributed by atoms with van der Waals surface area (Å²) in [5.41, 5.74) is 4.13. The van der Waals surface area contributed by atoms with Gasteiger partial charge in [0.25, 0.3) is 0 Å². The van der Waals surface area contributed by atoms with Gasteiger partial charge < -0.3 is 9.57 Å². The zero-order valence-corrected chi connectivity index (χ0v) is 10.4. The summed E-state index contributed by atoms with van der Waals surface area (Å²) in [6, 6.07) is 6.16. The quantitative estimate of drug-likeness (QED) is 0.858. The number of hydroxylamine groups is 1. The van der Waals surface area contributed by atoms with Crippen molar-refractivity contribution < 1.29 is 9.57 Å². The number of hydrogen-bond donors (Lipinski definition) is 1.